The molecule has 1 aromatic carbocycles. The number of carbonyl (C=O) groups excluding carboxylic acids is 2. The van der Waals surface area contributed by atoms with Crippen molar-refractivity contribution >= 4 is 29.0 Å². The van der Waals surface area contributed by atoms with E-state index in [1.54, 1.807) is 12.3 Å². The van der Waals surface area contributed by atoms with Crippen molar-refractivity contribution in [2.45, 2.75) is 13.3 Å². The molecule has 24 heavy (non-hydrogen) atoms. The number of thiophene rings is 1. The Bertz CT molecular complexity index is 771. The molecule has 8 heteroatoms. The number of carbonyl (C=O) groups is 2. The summed E-state index contributed by atoms with van der Waals surface area (Å²) in [5.74, 6) is -3.28. The van der Waals surface area contributed by atoms with Gasteiger partial charge < -0.3 is 0 Å². The zero-order valence-corrected chi connectivity index (χ0v) is 14.1. The normalized spacial score (nSPS) is 10.6. The van der Waals surface area contributed by atoms with Crippen LogP contribution in [0.5, 0.6) is 0 Å². The summed E-state index contributed by atoms with van der Waals surface area (Å²) in [5.41, 5.74) is -0.171. The third-order valence-electron chi connectivity index (χ3n) is 3.57. The van der Waals surface area contributed by atoms with Crippen molar-refractivity contribution in [3.63, 3.8) is 0 Å². The van der Waals surface area contributed by atoms with Gasteiger partial charge in [-0.3, -0.25) is 14.6 Å². The fourth-order valence-electron chi connectivity index (χ4n) is 2.24. The molecule has 0 aliphatic carbocycles. The first-order valence-electron chi connectivity index (χ1n) is 7.05. The molecule has 2 aromatic rings. The van der Waals surface area contributed by atoms with Crippen LogP contribution in [0.15, 0.2) is 23.6 Å². The standard InChI is InChI=1S/C16H15F3N2O2S/c1-4-9-8-24-14(19)13(9)20(2)16(23)21(3)15(22)12-10(17)6-5-7-11(12)18/h5-8H,4H2,1-3H3. The summed E-state index contributed by atoms with van der Waals surface area (Å²) in [5, 5.41) is 1.01. The molecule has 1 heterocycles. The molecule has 0 radical (unpaired) electrons. The van der Waals surface area contributed by atoms with Crippen LogP contribution in [0.1, 0.15) is 22.8 Å². The van der Waals surface area contributed by atoms with Crippen LogP contribution in [0.25, 0.3) is 0 Å². The van der Waals surface area contributed by atoms with Gasteiger partial charge in [0.1, 0.15) is 17.2 Å². The van der Waals surface area contributed by atoms with E-state index in [1.165, 1.54) is 7.05 Å². The van der Waals surface area contributed by atoms with Crippen molar-refractivity contribution in [2.24, 2.45) is 0 Å². The number of hydrogen-bond donors (Lipinski definition) is 0. The van der Waals surface area contributed by atoms with Crippen LogP contribution < -0.4 is 4.90 Å². The second-order valence-corrected chi connectivity index (χ2v) is 5.87. The molecular weight excluding hydrogens is 341 g/mol. The average molecular weight is 356 g/mol. The third-order valence-corrected chi connectivity index (χ3v) is 4.37. The number of rotatable bonds is 3. The second kappa shape index (κ2) is 7.04. The maximum absolute atomic E-state index is 13.9. The molecule has 3 amide bonds. The number of anilines is 1. The van der Waals surface area contributed by atoms with E-state index in [4.69, 9.17) is 0 Å². The molecule has 0 spiro atoms. The number of nitrogens with zero attached hydrogens (tertiary/aromatic N) is 2. The monoisotopic (exact) mass is 356 g/mol. The van der Waals surface area contributed by atoms with Gasteiger partial charge in [0, 0.05) is 14.1 Å². The highest BCUT2D eigenvalue weighted by Gasteiger charge is 2.29. The van der Waals surface area contributed by atoms with Gasteiger partial charge in [-0.05, 0) is 29.5 Å². The molecule has 4 nitrogen and oxygen atoms in total. The summed E-state index contributed by atoms with van der Waals surface area (Å²) < 4.78 is 41.3. The van der Waals surface area contributed by atoms with E-state index in [0.717, 1.165) is 41.5 Å². The molecule has 0 saturated carbocycles. The summed E-state index contributed by atoms with van der Waals surface area (Å²) in [6.07, 6.45) is 0.493. The lowest BCUT2D eigenvalue weighted by Gasteiger charge is -2.24. The Labute approximate surface area is 141 Å². The molecule has 0 fully saturated rings. The maximum atomic E-state index is 13.9. The van der Waals surface area contributed by atoms with Gasteiger partial charge in [0.05, 0.1) is 5.69 Å². The number of amides is 3. The second-order valence-electron chi connectivity index (χ2n) is 5.04. The molecule has 0 saturated heterocycles. The van der Waals surface area contributed by atoms with E-state index in [9.17, 15) is 22.8 Å². The van der Waals surface area contributed by atoms with E-state index < -0.39 is 34.3 Å². The lowest BCUT2D eigenvalue weighted by Crippen LogP contribution is -2.43. The summed E-state index contributed by atoms with van der Waals surface area (Å²) in [4.78, 5) is 26.2. The molecule has 0 aliphatic rings. The van der Waals surface area contributed by atoms with E-state index in [-0.39, 0.29) is 5.69 Å². The number of aryl methyl sites for hydroxylation is 1. The molecular formula is C16H15F3N2O2S. The number of halogens is 3. The molecule has 0 aliphatic heterocycles. The van der Waals surface area contributed by atoms with E-state index in [1.807, 2.05) is 0 Å². The van der Waals surface area contributed by atoms with Gasteiger partial charge in [0.2, 0.25) is 5.13 Å². The SMILES string of the molecule is CCc1csc(F)c1N(C)C(=O)N(C)C(=O)c1c(F)cccc1F. The molecule has 0 bridgehead atoms. The van der Waals surface area contributed by atoms with Gasteiger partial charge in [-0.2, -0.15) is 4.39 Å². The Morgan fingerprint density at radius 3 is 2.25 bits per heavy atom. The first-order chi connectivity index (χ1) is 11.3. The van der Waals surface area contributed by atoms with Gasteiger partial charge in [-0.1, -0.05) is 13.0 Å². The molecule has 0 N–H and O–H groups in total. The number of hydrogen-bond acceptors (Lipinski definition) is 3. The number of benzene rings is 1. The van der Waals surface area contributed by atoms with Crippen LogP contribution in [0.2, 0.25) is 0 Å². The Balaban J connectivity index is 2.32. The topological polar surface area (TPSA) is 40.6 Å². The first-order valence-corrected chi connectivity index (χ1v) is 7.93. The lowest BCUT2D eigenvalue weighted by molar-refractivity contribution is 0.0827. The highest BCUT2D eigenvalue weighted by atomic mass is 32.1. The lowest BCUT2D eigenvalue weighted by atomic mass is 10.1. The minimum Gasteiger partial charge on any atom is -0.293 e. The van der Waals surface area contributed by atoms with Crippen molar-refractivity contribution in [3.05, 3.63) is 51.5 Å². The maximum Gasteiger partial charge on any atom is 0.331 e. The van der Waals surface area contributed by atoms with Crippen LogP contribution in [-0.4, -0.2) is 30.9 Å². The van der Waals surface area contributed by atoms with Gasteiger partial charge in [-0.25, -0.2) is 13.6 Å². The van der Waals surface area contributed by atoms with Crippen molar-refractivity contribution in [1.29, 1.82) is 0 Å². The first kappa shape index (κ1) is 18.0. The number of imide groups is 1. The molecule has 128 valence electrons. The Hall–Kier alpha value is -2.35. The van der Waals surface area contributed by atoms with Crippen LogP contribution in [-0.2, 0) is 6.42 Å². The summed E-state index contributed by atoms with van der Waals surface area (Å²) >= 11 is 0.839. The van der Waals surface area contributed by atoms with Crippen molar-refractivity contribution in [3.8, 4) is 0 Å². The third kappa shape index (κ3) is 3.14. The van der Waals surface area contributed by atoms with E-state index in [0.29, 0.717) is 16.9 Å². The summed E-state index contributed by atoms with van der Waals surface area (Å²) in [6, 6.07) is 2.07. The molecule has 0 atom stereocenters. The average Bonchev–Trinajstić information content (AvgIpc) is 2.93. The van der Waals surface area contributed by atoms with Crippen LogP contribution in [0.4, 0.5) is 23.7 Å². The predicted molar refractivity (Wildman–Crippen MR) is 85.9 cm³/mol. The van der Waals surface area contributed by atoms with Crippen LogP contribution in [0.3, 0.4) is 0 Å². The summed E-state index contributed by atoms with van der Waals surface area (Å²) in [7, 11) is 2.39. The quantitative estimate of drug-likeness (QED) is 0.832. The zero-order valence-electron chi connectivity index (χ0n) is 13.3. The Kier molecular flexibility index (Phi) is 5.28. The predicted octanol–water partition coefficient (Wildman–Crippen LogP) is 4.06. The van der Waals surface area contributed by atoms with Gasteiger partial charge in [-0.15, -0.1) is 11.3 Å². The zero-order chi connectivity index (χ0) is 18.0. The van der Waals surface area contributed by atoms with Crippen LogP contribution in [0, 0.1) is 16.8 Å². The highest BCUT2D eigenvalue weighted by molar-refractivity contribution is 7.08. The van der Waals surface area contributed by atoms with Crippen molar-refractivity contribution in [1.82, 2.24) is 4.90 Å². The smallest absolute Gasteiger partial charge is 0.293 e. The van der Waals surface area contributed by atoms with Crippen LogP contribution >= 0.6 is 11.3 Å². The Morgan fingerprint density at radius 2 is 1.71 bits per heavy atom. The minimum absolute atomic E-state index is 0.0566. The molecule has 0 unspecified atom stereocenters. The summed E-state index contributed by atoms with van der Waals surface area (Å²) in [6.45, 7) is 1.80. The van der Waals surface area contributed by atoms with Gasteiger partial charge >= 0.3 is 6.03 Å². The van der Waals surface area contributed by atoms with Gasteiger partial charge in [0.15, 0.2) is 0 Å². The van der Waals surface area contributed by atoms with Gasteiger partial charge in [0.25, 0.3) is 5.91 Å². The minimum atomic E-state index is -1.14. The van der Waals surface area contributed by atoms with Crippen molar-refractivity contribution in [2.75, 3.05) is 19.0 Å². The fraction of sp³-hybridized carbons (Fsp3) is 0.250. The molecule has 1 aromatic heterocycles. The molecule has 2 rings (SSSR count). The Morgan fingerprint density at radius 1 is 1.12 bits per heavy atom. The van der Waals surface area contributed by atoms with E-state index in [2.05, 4.69) is 0 Å². The fourth-order valence-corrected chi connectivity index (χ4v) is 3.14. The highest BCUT2D eigenvalue weighted by Crippen LogP contribution is 2.30. The largest absolute Gasteiger partial charge is 0.331 e. The van der Waals surface area contributed by atoms with Crippen molar-refractivity contribution < 1.29 is 22.8 Å². The van der Waals surface area contributed by atoms with E-state index >= 15 is 0 Å². The number of urea groups is 1.